The van der Waals surface area contributed by atoms with Crippen molar-refractivity contribution in [2.45, 2.75) is 26.7 Å². The molecule has 0 saturated heterocycles. The number of hydrazone groups is 1. The summed E-state index contributed by atoms with van der Waals surface area (Å²) in [5.74, 6) is 0.556. The van der Waals surface area contributed by atoms with Crippen molar-refractivity contribution >= 4 is 29.6 Å². The fourth-order valence-electron chi connectivity index (χ4n) is 1.48. The fraction of sp³-hybridized carbons (Fsp3) is 0.286. The molecule has 0 aromatic heterocycles. The summed E-state index contributed by atoms with van der Waals surface area (Å²) in [5.41, 5.74) is 11.3. The second kappa shape index (κ2) is 6.91. The van der Waals surface area contributed by atoms with Crippen LogP contribution in [0.25, 0.3) is 6.08 Å². The van der Waals surface area contributed by atoms with Crippen LogP contribution in [0.3, 0.4) is 0 Å². The molecular weight excluding hydrogens is 242 g/mol. The van der Waals surface area contributed by atoms with Gasteiger partial charge in [0.15, 0.2) is 5.11 Å². The number of rotatable bonds is 4. The molecule has 3 N–H and O–H groups in total. The van der Waals surface area contributed by atoms with Crippen molar-refractivity contribution in [3.05, 3.63) is 41.0 Å². The van der Waals surface area contributed by atoms with Crippen LogP contribution in [0.5, 0.6) is 0 Å². The predicted octanol–water partition coefficient (Wildman–Crippen LogP) is 3.03. The van der Waals surface area contributed by atoms with Crippen LogP contribution in [-0.2, 0) is 0 Å². The Morgan fingerprint density at radius 2 is 1.94 bits per heavy atom. The third-order valence-electron chi connectivity index (χ3n) is 2.44. The Hall–Kier alpha value is -1.68. The molecule has 0 heterocycles. The summed E-state index contributed by atoms with van der Waals surface area (Å²) in [6.07, 6.45) is 3.74. The van der Waals surface area contributed by atoms with Gasteiger partial charge in [0.25, 0.3) is 0 Å². The molecule has 0 spiro atoms. The largest absolute Gasteiger partial charge is 0.375 e. The van der Waals surface area contributed by atoms with Gasteiger partial charge < -0.3 is 5.73 Å². The Morgan fingerprint density at radius 1 is 1.33 bits per heavy atom. The molecule has 1 rings (SSSR count). The van der Waals surface area contributed by atoms with Crippen LogP contribution >= 0.6 is 12.2 Å². The first-order valence-electron chi connectivity index (χ1n) is 5.86. The van der Waals surface area contributed by atoms with Gasteiger partial charge in [-0.2, -0.15) is 5.10 Å². The number of hydrogen-bond donors (Lipinski definition) is 2. The van der Waals surface area contributed by atoms with Gasteiger partial charge in [-0.15, -0.1) is 0 Å². The third kappa shape index (κ3) is 5.10. The molecule has 0 bridgehead atoms. The molecule has 0 atom stereocenters. The molecule has 1 aromatic carbocycles. The van der Waals surface area contributed by atoms with Crippen LogP contribution in [0.1, 0.15) is 37.8 Å². The first-order valence-corrected chi connectivity index (χ1v) is 6.26. The number of allylic oxidation sites excluding steroid dienone is 1. The number of benzene rings is 1. The zero-order valence-corrected chi connectivity index (χ0v) is 11.8. The molecule has 96 valence electrons. The quantitative estimate of drug-likeness (QED) is 0.497. The number of nitrogens with one attached hydrogen (secondary N) is 1. The van der Waals surface area contributed by atoms with Crippen LogP contribution in [0.15, 0.2) is 34.9 Å². The first-order chi connectivity index (χ1) is 8.49. The van der Waals surface area contributed by atoms with E-state index in [1.54, 1.807) is 6.21 Å². The van der Waals surface area contributed by atoms with E-state index in [2.05, 4.69) is 66.9 Å². The molecule has 0 aliphatic rings. The van der Waals surface area contributed by atoms with E-state index in [9.17, 15) is 0 Å². The van der Waals surface area contributed by atoms with Crippen LogP contribution in [-0.4, -0.2) is 11.3 Å². The summed E-state index contributed by atoms with van der Waals surface area (Å²) >= 11 is 4.65. The highest BCUT2D eigenvalue weighted by Crippen LogP contribution is 2.15. The third-order valence-corrected chi connectivity index (χ3v) is 2.53. The van der Waals surface area contributed by atoms with E-state index in [0.717, 1.165) is 11.1 Å². The van der Waals surface area contributed by atoms with E-state index >= 15 is 0 Å². The summed E-state index contributed by atoms with van der Waals surface area (Å²) in [4.78, 5) is 0. The van der Waals surface area contributed by atoms with E-state index in [-0.39, 0.29) is 5.11 Å². The van der Waals surface area contributed by atoms with Gasteiger partial charge in [0.2, 0.25) is 0 Å². The Morgan fingerprint density at radius 3 is 2.44 bits per heavy atom. The van der Waals surface area contributed by atoms with Gasteiger partial charge in [-0.1, -0.05) is 44.2 Å². The van der Waals surface area contributed by atoms with Crippen molar-refractivity contribution < 1.29 is 0 Å². The summed E-state index contributed by atoms with van der Waals surface area (Å²) in [6, 6.07) is 8.50. The Labute approximate surface area is 114 Å². The zero-order chi connectivity index (χ0) is 13.5. The molecule has 0 radical (unpaired) electrons. The summed E-state index contributed by atoms with van der Waals surface area (Å²) in [7, 11) is 0. The maximum absolute atomic E-state index is 5.26. The summed E-state index contributed by atoms with van der Waals surface area (Å²) in [6.45, 7) is 6.34. The monoisotopic (exact) mass is 261 g/mol. The lowest BCUT2D eigenvalue weighted by Crippen LogP contribution is -2.23. The van der Waals surface area contributed by atoms with Crippen molar-refractivity contribution in [2.75, 3.05) is 0 Å². The van der Waals surface area contributed by atoms with Crippen molar-refractivity contribution in [3.8, 4) is 0 Å². The topological polar surface area (TPSA) is 50.4 Å². The number of thiocarbonyl (C=S) groups is 1. The van der Waals surface area contributed by atoms with Crippen molar-refractivity contribution in [3.63, 3.8) is 0 Å². The molecule has 18 heavy (non-hydrogen) atoms. The average Bonchev–Trinajstić information content (AvgIpc) is 2.29. The maximum atomic E-state index is 5.26. The van der Waals surface area contributed by atoms with Gasteiger partial charge in [0.05, 0.1) is 6.21 Å². The van der Waals surface area contributed by atoms with Crippen LogP contribution in [0.2, 0.25) is 0 Å². The molecule has 4 heteroatoms. The van der Waals surface area contributed by atoms with E-state index < -0.39 is 0 Å². The van der Waals surface area contributed by atoms with E-state index in [1.807, 2.05) is 6.92 Å². The molecule has 0 fully saturated rings. The minimum Gasteiger partial charge on any atom is -0.375 e. The second-order valence-electron chi connectivity index (χ2n) is 4.44. The maximum Gasteiger partial charge on any atom is 0.184 e. The minimum absolute atomic E-state index is 0.167. The average molecular weight is 261 g/mol. The van der Waals surface area contributed by atoms with Crippen molar-refractivity contribution in [1.82, 2.24) is 5.43 Å². The Bertz CT molecular complexity index is 458. The van der Waals surface area contributed by atoms with Crippen molar-refractivity contribution in [2.24, 2.45) is 10.8 Å². The summed E-state index contributed by atoms with van der Waals surface area (Å²) < 4.78 is 0. The minimum atomic E-state index is 0.167. The zero-order valence-electron chi connectivity index (χ0n) is 11.0. The van der Waals surface area contributed by atoms with Crippen LogP contribution in [0.4, 0.5) is 0 Å². The van der Waals surface area contributed by atoms with Crippen LogP contribution in [0, 0.1) is 0 Å². The van der Waals surface area contributed by atoms with Gasteiger partial charge in [-0.25, -0.2) is 0 Å². The molecule has 0 aliphatic carbocycles. The first kappa shape index (κ1) is 14.4. The molecular formula is C14H19N3S. The SMILES string of the molecule is CC(=C/c1ccc(C(C)C)cc1)/C=N/NC(N)=S. The predicted molar refractivity (Wildman–Crippen MR) is 82.6 cm³/mol. The van der Waals surface area contributed by atoms with E-state index in [1.165, 1.54) is 5.56 Å². The summed E-state index contributed by atoms with van der Waals surface area (Å²) in [5, 5.41) is 4.07. The van der Waals surface area contributed by atoms with E-state index in [0.29, 0.717) is 5.92 Å². The highest BCUT2D eigenvalue weighted by Gasteiger charge is 1.97. The van der Waals surface area contributed by atoms with Crippen molar-refractivity contribution in [1.29, 1.82) is 0 Å². The van der Waals surface area contributed by atoms with Gasteiger partial charge in [-0.3, -0.25) is 5.43 Å². The van der Waals surface area contributed by atoms with Gasteiger partial charge >= 0.3 is 0 Å². The number of hydrogen-bond acceptors (Lipinski definition) is 2. The molecule has 0 unspecified atom stereocenters. The Balaban J connectivity index is 2.70. The van der Waals surface area contributed by atoms with E-state index in [4.69, 9.17) is 5.73 Å². The smallest absolute Gasteiger partial charge is 0.184 e. The van der Waals surface area contributed by atoms with Crippen LogP contribution < -0.4 is 11.2 Å². The lowest BCUT2D eigenvalue weighted by molar-refractivity contribution is 0.866. The fourth-order valence-corrected chi connectivity index (χ4v) is 1.53. The van der Waals surface area contributed by atoms with Gasteiger partial charge in [0, 0.05) is 0 Å². The number of nitrogens with two attached hydrogens (primary N) is 1. The number of nitrogens with zero attached hydrogens (tertiary/aromatic N) is 1. The highest BCUT2D eigenvalue weighted by molar-refractivity contribution is 7.80. The lowest BCUT2D eigenvalue weighted by Gasteiger charge is -2.05. The molecule has 0 aliphatic heterocycles. The molecule has 0 amide bonds. The molecule has 0 saturated carbocycles. The molecule has 3 nitrogen and oxygen atoms in total. The lowest BCUT2D eigenvalue weighted by atomic mass is 10.0. The standard InChI is InChI=1S/C14H19N3S/c1-10(2)13-6-4-12(5-7-13)8-11(3)9-16-17-14(15)18/h4-10H,1-3H3,(H3,15,17,18)/b11-8-,16-9+. The Kier molecular flexibility index (Phi) is 5.52. The van der Waals surface area contributed by atoms with Gasteiger partial charge in [0.1, 0.15) is 0 Å². The second-order valence-corrected chi connectivity index (χ2v) is 4.88. The molecule has 1 aromatic rings. The normalized spacial score (nSPS) is 12.1. The van der Waals surface area contributed by atoms with Gasteiger partial charge in [-0.05, 0) is 41.8 Å². The highest BCUT2D eigenvalue weighted by atomic mass is 32.1.